The minimum Gasteiger partial charge on any atom is -0.472 e. The van der Waals surface area contributed by atoms with Gasteiger partial charge >= 0.3 is 5.97 Å². The molecule has 4 heterocycles. The van der Waals surface area contributed by atoms with Crippen LogP contribution in [0, 0.1) is 11.3 Å². The van der Waals surface area contributed by atoms with Gasteiger partial charge in [-0.2, -0.15) is 5.26 Å². The molecule has 1 aromatic carbocycles. The summed E-state index contributed by atoms with van der Waals surface area (Å²) in [5.41, 5.74) is 4.23. The van der Waals surface area contributed by atoms with Gasteiger partial charge in [-0.3, -0.25) is 0 Å². The SMILES string of the molecule is CCOC(=O)c1cc(COc2nc(-c3ccc(N4CCOCC4)cc3)cc(-c3ccoc3)c2C#N)on1. The first-order chi connectivity index (χ1) is 18.2. The fourth-order valence-electron chi connectivity index (χ4n) is 4.01. The van der Waals surface area contributed by atoms with Crippen molar-refractivity contribution in [2.24, 2.45) is 0 Å². The van der Waals surface area contributed by atoms with Crippen LogP contribution in [0.15, 0.2) is 63.9 Å². The van der Waals surface area contributed by atoms with Gasteiger partial charge in [0.1, 0.15) is 11.6 Å². The Morgan fingerprint density at radius 1 is 1.14 bits per heavy atom. The standard InChI is InChI=1S/C27H24N4O6/c1-2-35-27(32)25-13-21(37-30-25)17-36-26-23(15-28)22(19-7-10-34-16-19)14-24(29-26)18-3-5-20(6-4-18)31-8-11-33-12-9-31/h3-7,10,13-14,16H,2,8-9,11-12,17H2,1H3. The molecule has 4 aromatic rings. The molecule has 10 nitrogen and oxygen atoms in total. The van der Waals surface area contributed by atoms with Gasteiger partial charge in [-0.25, -0.2) is 9.78 Å². The maximum atomic E-state index is 11.9. The molecule has 0 saturated carbocycles. The number of furan rings is 1. The van der Waals surface area contributed by atoms with Crippen molar-refractivity contribution in [2.45, 2.75) is 13.5 Å². The minimum atomic E-state index is -0.585. The molecule has 1 aliphatic rings. The molecular weight excluding hydrogens is 476 g/mol. The first kappa shape index (κ1) is 24.1. The predicted molar refractivity (Wildman–Crippen MR) is 132 cm³/mol. The number of benzene rings is 1. The zero-order valence-electron chi connectivity index (χ0n) is 20.2. The van der Waals surface area contributed by atoms with E-state index < -0.39 is 5.97 Å². The van der Waals surface area contributed by atoms with Crippen molar-refractivity contribution in [2.75, 3.05) is 37.8 Å². The molecule has 0 atom stereocenters. The highest BCUT2D eigenvalue weighted by Crippen LogP contribution is 2.34. The van der Waals surface area contributed by atoms with E-state index in [-0.39, 0.29) is 30.4 Å². The third-order valence-corrected chi connectivity index (χ3v) is 5.86. The minimum absolute atomic E-state index is 0.0436. The van der Waals surface area contributed by atoms with E-state index in [0.717, 1.165) is 29.9 Å². The predicted octanol–water partition coefficient (Wildman–Crippen LogP) is 4.46. The Morgan fingerprint density at radius 2 is 1.95 bits per heavy atom. The number of anilines is 1. The van der Waals surface area contributed by atoms with E-state index in [0.29, 0.717) is 30.2 Å². The lowest BCUT2D eigenvalue weighted by atomic mass is 10.0. The van der Waals surface area contributed by atoms with E-state index in [1.807, 2.05) is 30.3 Å². The second kappa shape index (κ2) is 11.0. The zero-order valence-corrected chi connectivity index (χ0v) is 20.2. The Hall–Kier alpha value is -4.62. The van der Waals surface area contributed by atoms with Crippen LogP contribution in [0.2, 0.25) is 0 Å². The Kier molecular flexibility index (Phi) is 7.14. The van der Waals surface area contributed by atoms with Crippen LogP contribution < -0.4 is 9.64 Å². The summed E-state index contributed by atoms with van der Waals surface area (Å²) >= 11 is 0. The first-order valence-corrected chi connectivity index (χ1v) is 11.8. The van der Waals surface area contributed by atoms with Gasteiger partial charge in [-0.05, 0) is 31.2 Å². The van der Waals surface area contributed by atoms with E-state index in [9.17, 15) is 10.1 Å². The summed E-state index contributed by atoms with van der Waals surface area (Å²) in [5.74, 6) is -0.167. The Bertz CT molecular complexity index is 1400. The van der Waals surface area contributed by atoms with Crippen LogP contribution in [0.4, 0.5) is 5.69 Å². The Labute approximate surface area is 213 Å². The highest BCUT2D eigenvalue weighted by atomic mass is 16.5. The topological polar surface area (TPSA) is 124 Å². The van der Waals surface area contributed by atoms with Crippen LogP contribution in [0.5, 0.6) is 5.88 Å². The van der Waals surface area contributed by atoms with Gasteiger partial charge in [0, 0.05) is 41.5 Å². The van der Waals surface area contributed by atoms with E-state index in [4.69, 9.17) is 23.2 Å². The fraction of sp³-hybridized carbons (Fsp3) is 0.259. The van der Waals surface area contributed by atoms with Gasteiger partial charge in [0.05, 0.1) is 38.0 Å². The van der Waals surface area contributed by atoms with Crippen molar-refractivity contribution in [1.82, 2.24) is 10.1 Å². The second-order valence-electron chi connectivity index (χ2n) is 8.19. The van der Waals surface area contributed by atoms with Gasteiger partial charge in [0.25, 0.3) is 0 Å². The average Bonchev–Trinajstić information content (AvgIpc) is 3.65. The fourth-order valence-corrected chi connectivity index (χ4v) is 4.01. The highest BCUT2D eigenvalue weighted by Gasteiger charge is 2.20. The van der Waals surface area contributed by atoms with Crippen LogP contribution in [-0.2, 0) is 16.1 Å². The molecular formula is C27H24N4O6. The molecule has 37 heavy (non-hydrogen) atoms. The molecule has 0 unspecified atom stereocenters. The number of carbonyl (C=O) groups excluding carboxylic acids is 1. The molecule has 1 saturated heterocycles. The molecule has 188 valence electrons. The molecule has 5 rings (SSSR count). The van der Waals surface area contributed by atoms with Crippen LogP contribution >= 0.6 is 0 Å². The van der Waals surface area contributed by atoms with Gasteiger partial charge < -0.3 is 28.1 Å². The number of morpholine rings is 1. The largest absolute Gasteiger partial charge is 0.472 e. The van der Waals surface area contributed by atoms with Crippen LogP contribution in [0.1, 0.15) is 28.7 Å². The molecule has 1 fully saturated rings. The van der Waals surface area contributed by atoms with Crippen molar-refractivity contribution in [3.63, 3.8) is 0 Å². The van der Waals surface area contributed by atoms with E-state index >= 15 is 0 Å². The lowest BCUT2D eigenvalue weighted by Crippen LogP contribution is -2.36. The van der Waals surface area contributed by atoms with Crippen molar-refractivity contribution in [3.8, 4) is 34.3 Å². The zero-order chi connectivity index (χ0) is 25.6. The summed E-state index contributed by atoms with van der Waals surface area (Å²) in [6, 6.07) is 15.3. The molecule has 0 spiro atoms. The molecule has 1 aliphatic heterocycles. The molecule has 10 heteroatoms. The lowest BCUT2D eigenvalue weighted by molar-refractivity contribution is 0.0514. The molecule has 0 aliphatic carbocycles. The van der Waals surface area contributed by atoms with Gasteiger partial charge in [0.15, 0.2) is 18.1 Å². The van der Waals surface area contributed by atoms with Crippen LogP contribution in [0.3, 0.4) is 0 Å². The summed E-state index contributed by atoms with van der Waals surface area (Å²) in [5, 5.41) is 13.7. The quantitative estimate of drug-likeness (QED) is 0.320. The molecule has 0 radical (unpaired) electrons. The summed E-state index contributed by atoms with van der Waals surface area (Å²) < 4.78 is 26.7. The van der Waals surface area contributed by atoms with Crippen LogP contribution in [0.25, 0.3) is 22.4 Å². The normalized spacial score (nSPS) is 13.2. The van der Waals surface area contributed by atoms with Crippen molar-refractivity contribution in [1.29, 1.82) is 5.26 Å². The first-order valence-electron chi connectivity index (χ1n) is 11.8. The average molecular weight is 501 g/mol. The maximum Gasteiger partial charge on any atom is 0.360 e. The number of hydrogen-bond donors (Lipinski definition) is 0. The van der Waals surface area contributed by atoms with E-state index in [1.165, 1.54) is 6.07 Å². The number of hydrogen-bond acceptors (Lipinski definition) is 10. The summed E-state index contributed by atoms with van der Waals surface area (Å²) in [4.78, 5) is 18.8. The number of nitriles is 1. The number of aromatic nitrogens is 2. The summed E-state index contributed by atoms with van der Waals surface area (Å²) in [6.07, 6.45) is 3.10. The van der Waals surface area contributed by atoms with Crippen molar-refractivity contribution < 1.29 is 27.9 Å². The smallest absolute Gasteiger partial charge is 0.360 e. The van der Waals surface area contributed by atoms with Gasteiger partial charge in [-0.15, -0.1) is 0 Å². The van der Waals surface area contributed by atoms with Gasteiger partial charge in [0.2, 0.25) is 5.88 Å². The third kappa shape index (κ3) is 5.32. The molecule has 3 aromatic heterocycles. The highest BCUT2D eigenvalue weighted by molar-refractivity contribution is 5.87. The Morgan fingerprint density at radius 3 is 2.65 bits per heavy atom. The van der Waals surface area contributed by atoms with Gasteiger partial charge in [-0.1, -0.05) is 17.3 Å². The number of rotatable bonds is 8. The molecule has 0 N–H and O–H groups in total. The number of ether oxygens (including phenoxy) is 3. The number of esters is 1. The van der Waals surface area contributed by atoms with Crippen LogP contribution in [-0.4, -0.2) is 49.0 Å². The van der Waals surface area contributed by atoms with Crippen molar-refractivity contribution in [3.05, 3.63) is 72.0 Å². The number of nitrogens with zero attached hydrogens (tertiary/aromatic N) is 4. The summed E-state index contributed by atoms with van der Waals surface area (Å²) in [7, 11) is 0. The maximum absolute atomic E-state index is 11.9. The number of carbonyl (C=O) groups is 1. The van der Waals surface area contributed by atoms with E-state index in [1.54, 1.807) is 25.5 Å². The molecule has 0 bridgehead atoms. The molecule has 0 amide bonds. The van der Waals surface area contributed by atoms with E-state index in [2.05, 4.69) is 21.1 Å². The monoisotopic (exact) mass is 500 g/mol. The van der Waals surface area contributed by atoms with Crippen molar-refractivity contribution >= 4 is 11.7 Å². The number of pyridine rings is 1. The second-order valence-corrected chi connectivity index (χ2v) is 8.19. The summed E-state index contributed by atoms with van der Waals surface area (Å²) in [6.45, 7) is 4.95. The Balaban J connectivity index is 1.45. The third-order valence-electron chi connectivity index (χ3n) is 5.86. The lowest BCUT2D eigenvalue weighted by Gasteiger charge is -2.28.